The van der Waals surface area contributed by atoms with E-state index in [1.807, 2.05) is 0 Å². The van der Waals surface area contributed by atoms with Gasteiger partial charge < -0.3 is 9.72 Å². The number of aromatic nitrogens is 1. The first-order valence-electron chi connectivity index (χ1n) is 5.16. The van der Waals surface area contributed by atoms with Crippen molar-refractivity contribution in [3.8, 4) is 0 Å². The average molecular weight is 272 g/mol. The van der Waals surface area contributed by atoms with Crippen molar-refractivity contribution in [3.05, 3.63) is 33.9 Å². The third-order valence-electron chi connectivity index (χ3n) is 2.25. The fourth-order valence-electron chi connectivity index (χ4n) is 1.54. The summed E-state index contributed by atoms with van der Waals surface area (Å²) in [5, 5.41) is 1.78. The Hall–Kier alpha value is -1.19. The van der Waals surface area contributed by atoms with Gasteiger partial charge in [-0.2, -0.15) is 0 Å². The zero-order chi connectivity index (χ0) is 12.6. The van der Waals surface area contributed by atoms with Crippen LogP contribution < -0.4 is 0 Å². The molecule has 0 saturated carbocycles. The van der Waals surface area contributed by atoms with Gasteiger partial charge >= 0.3 is 5.97 Å². The molecule has 5 heteroatoms. The molecule has 1 N–H and O–H groups in total. The maximum atomic E-state index is 11.7. The number of ether oxygens (including phenoxy) is 1. The highest BCUT2D eigenvalue weighted by atomic mass is 35.5. The second kappa shape index (κ2) is 4.59. The molecule has 0 unspecified atom stereocenters. The number of halogens is 2. The normalized spacial score (nSPS) is 11.1. The number of esters is 1. The topological polar surface area (TPSA) is 42.1 Å². The Balaban J connectivity index is 2.48. The average Bonchev–Trinajstić information content (AvgIpc) is 2.68. The van der Waals surface area contributed by atoms with Crippen molar-refractivity contribution in [2.24, 2.45) is 0 Å². The number of carbonyl (C=O) groups is 1. The molecule has 2 aromatic rings. The van der Waals surface area contributed by atoms with Crippen molar-refractivity contribution in [3.63, 3.8) is 0 Å². The Morgan fingerprint density at radius 2 is 1.94 bits per heavy atom. The van der Waals surface area contributed by atoms with Crippen molar-refractivity contribution in [2.45, 2.75) is 20.0 Å². The van der Waals surface area contributed by atoms with Gasteiger partial charge in [-0.05, 0) is 32.0 Å². The van der Waals surface area contributed by atoms with E-state index in [1.165, 1.54) is 0 Å². The molecule has 0 amide bonds. The van der Waals surface area contributed by atoms with Crippen molar-refractivity contribution < 1.29 is 9.53 Å². The van der Waals surface area contributed by atoms with Crippen LogP contribution in [0.1, 0.15) is 24.3 Å². The van der Waals surface area contributed by atoms with Gasteiger partial charge in [0.2, 0.25) is 0 Å². The SMILES string of the molecule is CC(C)OC(=O)c1cc2c(Cl)ccc(Cl)c2[nH]1. The van der Waals surface area contributed by atoms with Gasteiger partial charge in [0.15, 0.2) is 0 Å². The molecule has 17 heavy (non-hydrogen) atoms. The molecule has 0 spiro atoms. The van der Waals surface area contributed by atoms with Crippen LogP contribution in [0, 0.1) is 0 Å². The first-order chi connectivity index (χ1) is 7.99. The molecule has 1 heterocycles. The molecule has 0 atom stereocenters. The van der Waals surface area contributed by atoms with Crippen molar-refractivity contribution in [1.82, 2.24) is 4.98 Å². The summed E-state index contributed by atoms with van der Waals surface area (Å²) in [6, 6.07) is 5.02. The summed E-state index contributed by atoms with van der Waals surface area (Å²) in [6.45, 7) is 3.58. The minimum absolute atomic E-state index is 0.167. The Kier molecular flexibility index (Phi) is 3.31. The van der Waals surface area contributed by atoms with E-state index in [4.69, 9.17) is 27.9 Å². The molecular formula is C12H11Cl2NO2. The summed E-state index contributed by atoms with van der Waals surface area (Å²) in [4.78, 5) is 14.6. The van der Waals surface area contributed by atoms with Crippen molar-refractivity contribution in [1.29, 1.82) is 0 Å². The first kappa shape index (κ1) is 12.3. The molecule has 0 fully saturated rings. The van der Waals surface area contributed by atoms with E-state index < -0.39 is 5.97 Å². The molecule has 0 bridgehead atoms. The lowest BCUT2D eigenvalue weighted by Crippen LogP contribution is -2.11. The van der Waals surface area contributed by atoms with Crippen LogP contribution in [-0.2, 0) is 4.74 Å². The number of fused-ring (bicyclic) bond motifs is 1. The van der Waals surface area contributed by atoms with Crippen LogP contribution >= 0.6 is 23.2 Å². The Bertz CT molecular complexity index is 536. The Morgan fingerprint density at radius 3 is 2.53 bits per heavy atom. The number of hydrogen-bond donors (Lipinski definition) is 1. The molecule has 3 nitrogen and oxygen atoms in total. The van der Waals surface area contributed by atoms with Gasteiger partial charge in [0.1, 0.15) is 5.69 Å². The molecule has 0 radical (unpaired) electrons. The maximum Gasteiger partial charge on any atom is 0.355 e. The molecule has 0 aliphatic carbocycles. The fraction of sp³-hybridized carbons (Fsp3) is 0.250. The first-order valence-corrected chi connectivity index (χ1v) is 5.92. The molecular weight excluding hydrogens is 261 g/mol. The number of benzene rings is 1. The zero-order valence-electron chi connectivity index (χ0n) is 9.38. The van der Waals surface area contributed by atoms with Gasteiger partial charge in [0.05, 0.1) is 21.7 Å². The van der Waals surface area contributed by atoms with Crippen LogP contribution in [0.15, 0.2) is 18.2 Å². The molecule has 0 aliphatic heterocycles. The highest BCUT2D eigenvalue weighted by Gasteiger charge is 2.15. The summed E-state index contributed by atoms with van der Waals surface area (Å²) in [7, 11) is 0. The van der Waals surface area contributed by atoms with E-state index in [2.05, 4.69) is 4.98 Å². The summed E-state index contributed by atoms with van der Waals surface area (Å²) in [5.74, 6) is -0.414. The predicted molar refractivity (Wildman–Crippen MR) is 68.9 cm³/mol. The van der Waals surface area contributed by atoms with Gasteiger partial charge in [-0.1, -0.05) is 23.2 Å². The van der Waals surface area contributed by atoms with E-state index in [9.17, 15) is 4.79 Å². The second-order valence-corrected chi connectivity index (χ2v) is 4.77. The van der Waals surface area contributed by atoms with Gasteiger partial charge in [0.25, 0.3) is 0 Å². The summed E-state index contributed by atoms with van der Waals surface area (Å²) in [5.41, 5.74) is 0.999. The largest absolute Gasteiger partial charge is 0.458 e. The third-order valence-corrected chi connectivity index (χ3v) is 2.90. The highest BCUT2D eigenvalue weighted by Crippen LogP contribution is 2.30. The van der Waals surface area contributed by atoms with E-state index in [0.717, 1.165) is 5.39 Å². The van der Waals surface area contributed by atoms with Crippen LogP contribution in [0.5, 0.6) is 0 Å². The minimum atomic E-state index is -0.414. The van der Waals surface area contributed by atoms with Crippen LogP contribution in [0.3, 0.4) is 0 Å². The Morgan fingerprint density at radius 1 is 1.29 bits per heavy atom. The van der Waals surface area contributed by atoms with Crippen LogP contribution in [-0.4, -0.2) is 17.1 Å². The number of carbonyl (C=O) groups excluding carboxylic acids is 1. The van der Waals surface area contributed by atoms with E-state index in [1.54, 1.807) is 32.0 Å². The number of hydrogen-bond acceptors (Lipinski definition) is 2. The second-order valence-electron chi connectivity index (χ2n) is 3.95. The number of rotatable bonds is 2. The number of aromatic amines is 1. The van der Waals surface area contributed by atoms with Gasteiger partial charge in [-0.15, -0.1) is 0 Å². The minimum Gasteiger partial charge on any atom is -0.458 e. The Labute approximate surface area is 109 Å². The maximum absolute atomic E-state index is 11.7. The summed E-state index contributed by atoms with van der Waals surface area (Å²) < 4.78 is 5.09. The summed E-state index contributed by atoms with van der Waals surface area (Å²) in [6.07, 6.45) is -0.167. The lowest BCUT2D eigenvalue weighted by molar-refractivity contribution is 0.0372. The highest BCUT2D eigenvalue weighted by molar-refractivity contribution is 6.40. The standard InChI is InChI=1S/C12H11Cl2NO2/c1-6(2)17-12(16)10-5-7-8(13)3-4-9(14)11(7)15-10/h3-6,15H,1-2H3. The molecule has 1 aromatic heterocycles. The smallest absolute Gasteiger partial charge is 0.355 e. The van der Waals surface area contributed by atoms with Gasteiger partial charge in [-0.3, -0.25) is 0 Å². The quantitative estimate of drug-likeness (QED) is 0.838. The van der Waals surface area contributed by atoms with Crippen molar-refractivity contribution in [2.75, 3.05) is 0 Å². The monoisotopic (exact) mass is 271 g/mol. The fourth-order valence-corrected chi connectivity index (χ4v) is 1.96. The van der Waals surface area contributed by atoms with Crippen LogP contribution in [0.4, 0.5) is 0 Å². The zero-order valence-corrected chi connectivity index (χ0v) is 10.9. The van der Waals surface area contributed by atoms with Gasteiger partial charge in [-0.25, -0.2) is 4.79 Å². The molecule has 90 valence electrons. The van der Waals surface area contributed by atoms with E-state index in [-0.39, 0.29) is 6.10 Å². The predicted octanol–water partition coefficient (Wildman–Crippen LogP) is 4.04. The molecule has 0 saturated heterocycles. The lowest BCUT2D eigenvalue weighted by atomic mass is 10.2. The number of nitrogens with one attached hydrogen (secondary N) is 1. The molecule has 2 rings (SSSR count). The molecule has 1 aromatic carbocycles. The lowest BCUT2D eigenvalue weighted by Gasteiger charge is -2.05. The van der Waals surface area contributed by atoms with Crippen LogP contribution in [0.25, 0.3) is 10.9 Å². The van der Waals surface area contributed by atoms with Gasteiger partial charge in [0, 0.05) is 5.39 Å². The van der Waals surface area contributed by atoms with E-state index in [0.29, 0.717) is 21.3 Å². The third kappa shape index (κ3) is 2.40. The van der Waals surface area contributed by atoms with Crippen LogP contribution in [0.2, 0.25) is 10.0 Å². The summed E-state index contributed by atoms with van der Waals surface area (Å²) >= 11 is 12.0. The van der Waals surface area contributed by atoms with Crippen molar-refractivity contribution >= 4 is 40.1 Å². The number of H-pyrrole nitrogens is 1. The van der Waals surface area contributed by atoms with E-state index >= 15 is 0 Å². The molecule has 0 aliphatic rings.